The average Bonchev–Trinajstić information content (AvgIpc) is 3.62. The Morgan fingerprint density at radius 2 is 1.84 bits per heavy atom. The Labute approximate surface area is 222 Å². The van der Waals surface area contributed by atoms with Gasteiger partial charge in [0.2, 0.25) is 5.91 Å². The molecule has 2 aliphatic heterocycles. The number of carbonyl (C=O) groups is 1. The molecule has 6 nitrogen and oxygen atoms in total. The highest BCUT2D eigenvalue weighted by atomic mass is 32.2. The summed E-state index contributed by atoms with van der Waals surface area (Å²) in [6, 6.07) is 4.13. The van der Waals surface area contributed by atoms with Crippen LogP contribution in [0, 0.1) is 34.5 Å². The van der Waals surface area contributed by atoms with E-state index in [9.17, 15) is 14.1 Å². The van der Waals surface area contributed by atoms with Crippen molar-refractivity contribution in [1.29, 1.82) is 0 Å². The van der Waals surface area contributed by atoms with Crippen LogP contribution in [0.4, 0.5) is 0 Å². The number of allylic oxidation sites excluding steroid dienone is 2. The summed E-state index contributed by atoms with van der Waals surface area (Å²) in [6.07, 6.45) is 8.41. The summed E-state index contributed by atoms with van der Waals surface area (Å²) in [5, 5.41) is 11.3. The van der Waals surface area contributed by atoms with Crippen molar-refractivity contribution in [3.8, 4) is 11.5 Å². The minimum Gasteiger partial charge on any atom is -0.493 e. The van der Waals surface area contributed by atoms with E-state index in [2.05, 4.69) is 50.0 Å². The van der Waals surface area contributed by atoms with Gasteiger partial charge in [-0.1, -0.05) is 26.0 Å². The van der Waals surface area contributed by atoms with Crippen molar-refractivity contribution in [3.63, 3.8) is 0 Å². The number of fused-ring (bicyclic) bond motifs is 11. The van der Waals surface area contributed by atoms with Crippen LogP contribution in [0.5, 0.6) is 11.5 Å². The molecule has 1 amide bonds. The number of nitrogens with zero attached hydrogens (tertiary/aromatic N) is 1. The Kier molecular flexibility index (Phi) is 4.85. The fourth-order valence-corrected chi connectivity index (χ4v) is 13.1. The molecule has 9 atom stereocenters. The molecule has 0 aromatic heterocycles. The normalized spacial score (nSPS) is 44.6. The van der Waals surface area contributed by atoms with Gasteiger partial charge in [0.1, 0.15) is 4.75 Å². The van der Waals surface area contributed by atoms with Crippen LogP contribution in [0.25, 0.3) is 0 Å². The first-order valence-corrected chi connectivity index (χ1v) is 15.2. The molecule has 2 heterocycles. The lowest BCUT2D eigenvalue weighted by Gasteiger charge is -2.47. The highest BCUT2D eigenvalue weighted by molar-refractivity contribution is 7.87. The second-order valence-electron chi connectivity index (χ2n) is 13.2. The van der Waals surface area contributed by atoms with E-state index in [-0.39, 0.29) is 34.5 Å². The quantitative estimate of drug-likeness (QED) is 0.592. The van der Waals surface area contributed by atoms with E-state index in [1.54, 1.807) is 14.2 Å². The molecule has 1 aromatic rings. The Morgan fingerprint density at radius 1 is 1.11 bits per heavy atom. The maximum absolute atomic E-state index is 14.9. The molecule has 1 N–H and O–H groups in total. The molecule has 3 saturated carbocycles. The molecule has 0 radical (unpaired) electrons. The lowest BCUT2D eigenvalue weighted by Crippen LogP contribution is -2.55. The summed E-state index contributed by atoms with van der Waals surface area (Å²) in [5.74, 6) is 2.44. The predicted molar refractivity (Wildman–Crippen MR) is 142 cm³/mol. The number of benzene rings is 1. The Hall–Kier alpha value is -1.86. The SMILES string of the molecule is COc1cc2c(cc1OC)[C@]1(C)[C@@H]3[C@@H]4C=C[C@@H](C4)[C@]3([S@](=O)C[C@]34CC[C@H](C[C@H]3O)C4(C)C)C(=O)N1CC2. The van der Waals surface area contributed by atoms with Gasteiger partial charge >= 0.3 is 0 Å². The minimum absolute atomic E-state index is 0.0166. The highest BCUT2D eigenvalue weighted by Gasteiger charge is 2.77. The second-order valence-corrected chi connectivity index (χ2v) is 14.9. The molecule has 4 bridgehead atoms. The molecular weight excluding hydrogens is 486 g/mol. The second kappa shape index (κ2) is 7.41. The molecule has 4 aliphatic carbocycles. The van der Waals surface area contributed by atoms with E-state index in [0.717, 1.165) is 37.7 Å². The third-order valence-electron chi connectivity index (χ3n) is 12.2. The van der Waals surface area contributed by atoms with Gasteiger partial charge in [-0.2, -0.15) is 0 Å². The average molecular weight is 526 g/mol. The van der Waals surface area contributed by atoms with Crippen LogP contribution in [0.15, 0.2) is 24.3 Å². The molecular formula is C30H39NO5S. The first-order valence-electron chi connectivity index (χ1n) is 13.9. The van der Waals surface area contributed by atoms with Crippen LogP contribution < -0.4 is 9.47 Å². The number of aliphatic hydroxyl groups excluding tert-OH is 1. The zero-order valence-electron chi connectivity index (χ0n) is 22.6. The summed E-state index contributed by atoms with van der Waals surface area (Å²) < 4.78 is 25.3. The van der Waals surface area contributed by atoms with Gasteiger partial charge in [0.05, 0.1) is 25.9 Å². The van der Waals surface area contributed by atoms with Gasteiger partial charge in [0, 0.05) is 40.3 Å². The van der Waals surface area contributed by atoms with Gasteiger partial charge in [-0.25, -0.2) is 0 Å². The van der Waals surface area contributed by atoms with Crippen LogP contribution in [-0.2, 0) is 27.6 Å². The molecule has 1 aromatic carbocycles. The highest BCUT2D eigenvalue weighted by Crippen LogP contribution is 2.70. The van der Waals surface area contributed by atoms with E-state index >= 15 is 0 Å². The standard InChI is InChI=1S/C30H39NO5S/c1-27(2)19-8-10-29(27,24(32)14-19)16-37(34)30-20-7-6-18(12-20)25(30)28(3)21-15-23(36-5)22(35-4)13-17(21)9-11-31(28)26(30)33/h6-7,13,15,18-20,24-25,32H,8-12,14,16H2,1-5H3/t18-,19-,20+,24-,25+,28-,29-,30-,37-/m1/s1. The molecule has 0 unspecified atom stereocenters. The number of hydrogen-bond acceptors (Lipinski definition) is 5. The molecule has 1 saturated heterocycles. The van der Waals surface area contributed by atoms with Crippen molar-refractivity contribution in [2.45, 2.75) is 69.3 Å². The number of hydrogen-bond donors (Lipinski definition) is 1. The zero-order valence-corrected chi connectivity index (χ0v) is 23.4. The van der Waals surface area contributed by atoms with E-state index in [0.29, 0.717) is 29.7 Å². The lowest BCUT2D eigenvalue weighted by atomic mass is 9.68. The maximum Gasteiger partial charge on any atom is 0.243 e. The van der Waals surface area contributed by atoms with Crippen molar-refractivity contribution < 1.29 is 23.6 Å². The molecule has 0 spiro atoms. The van der Waals surface area contributed by atoms with Crippen molar-refractivity contribution in [2.75, 3.05) is 26.5 Å². The third kappa shape index (κ3) is 2.53. The van der Waals surface area contributed by atoms with Crippen LogP contribution in [0.2, 0.25) is 0 Å². The Bertz CT molecular complexity index is 1260. The minimum atomic E-state index is -1.41. The topological polar surface area (TPSA) is 76.1 Å². The largest absolute Gasteiger partial charge is 0.493 e. The number of methoxy groups -OCH3 is 2. The smallest absolute Gasteiger partial charge is 0.243 e. The van der Waals surface area contributed by atoms with Crippen molar-refractivity contribution in [3.05, 3.63) is 35.4 Å². The van der Waals surface area contributed by atoms with E-state index < -0.39 is 27.2 Å². The van der Waals surface area contributed by atoms with Crippen LogP contribution in [0.1, 0.15) is 57.6 Å². The van der Waals surface area contributed by atoms with Crippen LogP contribution in [0.3, 0.4) is 0 Å². The third-order valence-corrected chi connectivity index (χ3v) is 14.5. The fraction of sp³-hybridized carbons (Fsp3) is 0.700. The van der Waals surface area contributed by atoms with Gasteiger partial charge in [0.25, 0.3) is 0 Å². The Balaban J connectivity index is 1.37. The Morgan fingerprint density at radius 3 is 2.49 bits per heavy atom. The molecule has 4 fully saturated rings. The molecule has 7 heteroatoms. The first kappa shape index (κ1) is 24.2. The van der Waals surface area contributed by atoms with E-state index in [1.165, 1.54) is 5.56 Å². The summed E-state index contributed by atoms with van der Waals surface area (Å²) in [6.45, 7) is 7.33. The monoisotopic (exact) mass is 525 g/mol. The van der Waals surface area contributed by atoms with Gasteiger partial charge in [-0.15, -0.1) is 0 Å². The molecule has 200 valence electrons. The van der Waals surface area contributed by atoms with Crippen molar-refractivity contribution >= 4 is 16.7 Å². The summed E-state index contributed by atoms with van der Waals surface area (Å²) >= 11 is 0. The summed E-state index contributed by atoms with van der Waals surface area (Å²) in [4.78, 5) is 16.7. The van der Waals surface area contributed by atoms with E-state index in [4.69, 9.17) is 9.47 Å². The molecule has 7 rings (SSSR count). The first-order chi connectivity index (χ1) is 17.6. The van der Waals surface area contributed by atoms with Gasteiger partial charge in [-0.3, -0.25) is 9.00 Å². The van der Waals surface area contributed by atoms with Gasteiger partial charge < -0.3 is 19.5 Å². The molecule has 37 heavy (non-hydrogen) atoms. The number of ether oxygens (including phenoxy) is 2. The predicted octanol–water partition coefficient (Wildman–Crippen LogP) is 3.81. The number of aliphatic hydroxyl groups is 1. The lowest BCUT2D eigenvalue weighted by molar-refractivity contribution is -0.134. The maximum atomic E-state index is 14.9. The van der Waals surface area contributed by atoms with Crippen LogP contribution in [-0.4, -0.2) is 57.5 Å². The van der Waals surface area contributed by atoms with Crippen molar-refractivity contribution in [1.82, 2.24) is 4.90 Å². The van der Waals surface area contributed by atoms with Gasteiger partial charge in [-0.05, 0) is 79.5 Å². The van der Waals surface area contributed by atoms with Crippen molar-refractivity contribution in [2.24, 2.45) is 34.5 Å². The van der Waals surface area contributed by atoms with Crippen LogP contribution >= 0.6 is 0 Å². The van der Waals surface area contributed by atoms with Gasteiger partial charge in [0.15, 0.2) is 11.5 Å². The number of rotatable bonds is 5. The van der Waals surface area contributed by atoms with E-state index in [1.807, 2.05) is 0 Å². The summed E-state index contributed by atoms with van der Waals surface area (Å²) in [5.41, 5.74) is 1.27. The number of amides is 1. The summed E-state index contributed by atoms with van der Waals surface area (Å²) in [7, 11) is 1.89. The fourth-order valence-electron chi connectivity index (χ4n) is 10.2. The molecule has 6 aliphatic rings. The number of carbonyl (C=O) groups excluding carboxylic acids is 1. The zero-order chi connectivity index (χ0) is 26.1.